The summed E-state index contributed by atoms with van der Waals surface area (Å²) in [6.07, 6.45) is 0. The molecule has 1 aromatic rings. The highest BCUT2D eigenvalue weighted by Gasteiger charge is 2.14. The highest BCUT2D eigenvalue weighted by atomic mass is 127. The summed E-state index contributed by atoms with van der Waals surface area (Å²) < 4.78 is 5.57. The molecule has 0 N–H and O–H groups in total. The van der Waals surface area contributed by atoms with E-state index < -0.39 is 5.97 Å². The first kappa shape index (κ1) is 12.1. The van der Waals surface area contributed by atoms with Crippen molar-refractivity contribution in [1.82, 2.24) is 0 Å². The smallest absolute Gasteiger partial charge is 0.339 e. The predicted octanol–water partition coefficient (Wildman–Crippen LogP) is 3.77. The third-order valence-electron chi connectivity index (χ3n) is 1.49. The average Bonchev–Trinajstić information content (AvgIpc) is 2.11. The second kappa shape index (κ2) is 5.19. The van der Waals surface area contributed by atoms with Gasteiger partial charge in [0.2, 0.25) is 0 Å². The van der Waals surface area contributed by atoms with Crippen LogP contribution >= 0.6 is 45.8 Å². The van der Waals surface area contributed by atoms with E-state index in [1.54, 1.807) is 13.0 Å². The molecule has 2 nitrogen and oxygen atoms in total. The van der Waals surface area contributed by atoms with Gasteiger partial charge in [-0.25, -0.2) is 4.79 Å². The molecule has 0 unspecified atom stereocenters. The van der Waals surface area contributed by atoms with Gasteiger partial charge in [0.05, 0.1) is 17.2 Å². The van der Waals surface area contributed by atoms with E-state index in [1.165, 1.54) is 6.07 Å². The number of benzene rings is 1. The van der Waals surface area contributed by atoms with Crippen molar-refractivity contribution < 1.29 is 9.53 Å². The fourth-order valence-corrected chi connectivity index (χ4v) is 2.13. The van der Waals surface area contributed by atoms with E-state index in [9.17, 15) is 4.79 Å². The number of ether oxygens (including phenoxy) is 1. The van der Waals surface area contributed by atoms with Gasteiger partial charge < -0.3 is 4.74 Å². The molecule has 0 amide bonds. The molecule has 0 atom stereocenters. The summed E-state index contributed by atoms with van der Waals surface area (Å²) in [5, 5.41) is 0.857. The molecule has 1 rings (SSSR count). The SMILES string of the molecule is CCOC(=O)c1cc(Cl)cc(I)c1Cl. The Balaban J connectivity index is 3.13. The van der Waals surface area contributed by atoms with Crippen molar-refractivity contribution >= 4 is 51.8 Å². The molecule has 76 valence electrons. The summed E-state index contributed by atoms with van der Waals surface area (Å²) in [5.41, 5.74) is 0.311. The maximum atomic E-state index is 11.4. The second-order valence-corrected chi connectivity index (χ2v) is 4.45. The number of carbonyl (C=O) groups excluding carboxylic acids is 1. The minimum atomic E-state index is -0.446. The van der Waals surface area contributed by atoms with Crippen LogP contribution in [0.2, 0.25) is 10.0 Å². The monoisotopic (exact) mass is 344 g/mol. The zero-order valence-electron chi connectivity index (χ0n) is 7.31. The predicted molar refractivity (Wildman–Crippen MR) is 65.1 cm³/mol. The largest absolute Gasteiger partial charge is 0.462 e. The molecule has 0 saturated carbocycles. The molecule has 0 fully saturated rings. The lowest BCUT2D eigenvalue weighted by Gasteiger charge is -2.05. The van der Waals surface area contributed by atoms with Crippen molar-refractivity contribution in [3.63, 3.8) is 0 Å². The average molecular weight is 345 g/mol. The molecule has 0 radical (unpaired) electrons. The molecular formula is C9H7Cl2IO2. The van der Waals surface area contributed by atoms with Crippen molar-refractivity contribution in [3.8, 4) is 0 Å². The van der Waals surface area contributed by atoms with Gasteiger partial charge in [-0.15, -0.1) is 0 Å². The zero-order valence-corrected chi connectivity index (χ0v) is 11.0. The Morgan fingerprint density at radius 2 is 2.14 bits per heavy atom. The minimum absolute atomic E-state index is 0.311. The summed E-state index contributed by atoms with van der Waals surface area (Å²) in [6, 6.07) is 3.19. The summed E-state index contributed by atoms with van der Waals surface area (Å²) in [7, 11) is 0. The number of rotatable bonds is 2. The molecule has 0 bridgehead atoms. The Hall–Kier alpha value is -0.000000000000000167. The van der Waals surface area contributed by atoms with Crippen molar-refractivity contribution in [3.05, 3.63) is 31.3 Å². The van der Waals surface area contributed by atoms with Gasteiger partial charge in [0.25, 0.3) is 0 Å². The maximum absolute atomic E-state index is 11.4. The van der Waals surface area contributed by atoms with Gasteiger partial charge in [0, 0.05) is 8.59 Å². The summed E-state index contributed by atoms with van der Waals surface area (Å²) in [5.74, 6) is -0.446. The second-order valence-electron chi connectivity index (χ2n) is 2.47. The van der Waals surface area contributed by atoms with Crippen LogP contribution in [0.5, 0.6) is 0 Å². The first-order chi connectivity index (χ1) is 6.56. The Bertz CT molecular complexity index is 366. The van der Waals surface area contributed by atoms with Gasteiger partial charge in [-0.2, -0.15) is 0 Å². The topological polar surface area (TPSA) is 26.3 Å². The van der Waals surface area contributed by atoms with E-state index in [0.717, 1.165) is 3.57 Å². The van der Waals surface area contributed by atoms with Crippen LogP contribution in [0.4, 0.5) is 0 Å². The quantitative estimate of drug-likeness (QED) is 0.463. The standard InChI is InChI=1S/C9H7Cl2IO2/c1-2-14-9(13)6-3-5(10)4-7(12)8(6)11/h3-4H,2H2,1H3. The van der Waals surface area contributed by atoms with Crippen LogP contribution in [0.1, 0.15) is 17.3 Å². The van der Waals surface area contributed by atoms with Crippen molar-refractivity contribution in [2.45, 2.75) is 6.92 Å². The van der Waals surface area contributed by atoms with E-state index in [4.69, 9.17) is 27.9 Å². The van der Waals surface area contributed by atoms with E-state index in [-0.39, 0.29) is 0 Å². The highest BCUT2D eigenvalue weighted by Crippen LogP contribution is 2.27. The third-order valence-corrected chi connectivity index (χ3v) is 3.28. The first-order valence-corrected chi connectivity index (χ1v) is 5.71. The van der Waals surface area contributed by atoms with Crippen LogP contribution in [0.25, 0.3) is 0 Å². The van der Waals surface area contributed by atoms with E-state index in [2.05, 4.69) is 0 Å². The molecule has 0 heterocycles. The molecule has 0 aliphatic heterocycles. The third kappa shape index (κ3) is 2.74. The fraction of sp³-hybridized carbons (Fsp3) is 0.222. The molecule has 1 aromatic carbocycles. The highest BCUT2D eigenvalue weighted by molar-refractivity contribution is 14.1. The van der Waals surface area contributed by atoms with Gasteiger partial charge in [-0.3, -0.25) is 0 Å². The fourth-order valence-electron chi connectivity index (χ4n) is 0.913. The molecular weight excluding hydrogens is 338 g/mol. The van der Waals surface area contributed by atoms with E-state index >= 15 is 0 Å². The van der Waals surface area contributed by atoms with Crippen LogP contribution in [0.3, 0.4) is 0 Å². The zero-order chi connectivity index (χ0) is 10.7. The van der Waals surface area contributed by atoms with E-state index in [1.807, 2.05) is 22.6 Å². The van der Waals surface area contributed by atoms with Crippen LogP contribution in [0, 0.1) is 3.57 Å². The molecule has 0 aromatic heterocycles. The number of halogens is 3. The van der Waals surface area contributed by atoms with Gasteiger partial charge in [0.15, 0.2) is 0 Å². The summed E-state index contributed by atoms with van der Waals surface area (Å²) in [6.45, 7) is 2.06. The van der Waals surface area contributed by atoms with Gasteiger partial charge in [-0.05, 0) is 41.6 Å². The molecule has 14 heavy (non-hydrogen) atoms. The van der Waals surface area contributed by atoms with Crippen LogP contribution < -0.4 is 0 Å². The maximum Gasteiger partial charge on any atom is 0.339 e. The van der Waals surface area contributed by atoms with Gasteiger partial charge in [0.1, 0.15) is 0 Å². The molecule has 0 saturated heterocycles. The lowest BCUT2D eigenvalue weighted by Crippen LogP contribution is -2.06. The number of hydrogen-bond acceptors (Lipinski definition) is 2. The molecule has 0 spiro atoms. The Labute approximate surface area is 106 Å². The van der Waals surface area contributed by atoms with Gasteiger partial charge in [-0.1, -0.05) is 23.2 Å². The van der Waals surface area contributed by atoms with Crippen LogP contribution in [0.15, 0.2) is 12.1 Å². The van der Waals surface area contributed by atoms with Crippen LogP contribution in [-0.2, 0) is 4.74 Å². The molecule has 5 heteroatoms. The number of esters is 1. The Kier molecular flexibility index (Phi) is 4.47. The lowest BCUT2D eigenvalue weighted by atomic mass is 10.2. The van der Waals surface area contributed by atoms with Crippen molar-refractivity contribution in [2.24, 2.45) is 0 Å². The minimum Gasteiger partial charge on any atom is -0.462 e. The number of carbonyl (C=O) groups is 1. The normalized spacial score (nSPS) is 10.0. The summed E-state index contributed by atoms with van der Waals surface area (Å²) in [4.78, 5) is 11.4. The molecule has 0 aliphatic carbocycles. The van der Waals surface area contributed by atoms with E-state index in [0.29, 0.717) is 22.2 Å². The lowest BCUT2D eigenvalue weighted by molar-refractivity contribution is 0.0526. The Morgan fingerprint density at radius 3 is 2.71 bits per heavy atom. The summed E-state index contributed by atoms with van der Waals surface area (Å²) >= 11 is 13.7. The van der Waals surface area contributed by atoms with Crippen LogP contribution in [-0.4, -0.2) is 12.6 Å². The van der Waals surface area contributed by atoms with Gasteiger partial charge >= 0.3 is 5.97 Å². The number of hydrogen-bond donors (Lipinski definition) is 0. The first-order valence-electron chi connectivity index (χ1n) is 3.88. The molecule has 0 aliphatic rings. The van der Waals surface area contributed by atoms with Crippen molar-refractivity contribution in [2.75, 3.05) is 6.61 Å². The Morgan fingerprint density at radius 1 is 1.50 bits per heavy atom. The van der Waals surface area contributed by atoms with Crippen molar-refractivity contribution in [1.29, 1.82) is 0 Å².